The Bertz CT molecular complexity index is 404. The molecule has 0 aliphatic heterocycles. The fourth-order valence-corrected chi connectivity index (χ4v) is 2.25. The van der Waals surface area contributed by atoms with Crippen LogP contribution in [0.25, 0.3) is 0 Å². The molecular formula is C11H13N3O3. The van der Waals surface area contributed by atoms with E-state index in [9.17, 15) is 14.4 Å². The zero-order valence-electron chi connectivity index (χ0n) is 9.39. The van der Waals surface area contributed by atoms with E-state index < -0.39 is 0 Å². The zero-order chi connectivity index (χ0) is 12.6. The smallest absolute Gasteiger partial charge is 0.211 e. The molecule has 0 spiro atoms. The van der Waals surface area contributed by atoms with Crippen LogP contribution in [0.4, 0.5) is 0 Å². The predicted molar refractivity (Wildman–Crippen MR) is 58.8 cm³/mol. The van der Waals surface area contributed by atoms with Gasteiger partial charge in [-0.15, -0.1) is 0 Å². The van der Waals surface area contributed by atoms with Crippen LogP contribution >= 0.6 is 0 Å². The standard InChI is InChI=1S/C11H13N3O3/c15-7-12-5-1-3-11(6-13-8-16)4-2-10(11)14-9-17/h10H,1-6H2. The lowest BCUT2D eigenvalue weighted by Crippen LogP contribution is -2.46. The van der Waals surface area contributed by atoms with E-state index in [0.29, 0.717) is 19.5 Å². The first-order valence-electron chi connectivity index (χ1n) is 5.43. The summed E-state index contributed by atoms with van der Waals surface area (Å²) in [7, 11) is 0. The Morgan fingerprint density at radius 2 is 1.88 bits per heavy atom. The molecule has 2 unspecified atom stereocenters. The number of isocyanates is 3. The Labute approximate surface area is 98.6 Å². The van der Waals surface area contributed by atoms with E-state index in [-0.39, 0.29) is 11.5 Å². The molecule has 0 bridgehead atoms. The summed E-state index contributed by atoms with van der Waals surface area (Å²) in [6.07, 6.45) is 7.61. The van der Waals surface area contributed by atoms with Crippen molar-refractivity contribution in [2.45, 2.75) is 31.7 Å². The maximum Gasteiger partial charge on any atom is 0.235 e. The van der Waals surface area contributed by atoms with Gasteiger partial charge in [-0.05, 0) is 25.7 Å². The van der Waals surface area contributed by atoms with Crippen LogP contribution in [-0.2, 0) is 14.4 Å². The first-order valence-corrected chi connectivity index (χ1v) is 5.43. The van der Waals surface area contributed by atoms with Gasteiger partial charge >= 0.3 is 0 Å². The molecule has 90 valence electrons. The first-order chi connectivity index (χ1) is 8.29. The second kappa shape index (κ2) is 6.66. The number of rotatable bonds is 7. The summed E-state index contributed by atoms with van der Waals surface area (Å²) in [4.78, 5) is 41.1. The number of nitrogens with zero attached hydrogens (tertiary/aromatic N) is 3. The van der Waals surface area contributed by atoms with Crippen LogP contribution in [-0.4, -0.2) is 37.4 Å². The summed E-state index contributed by atoms with van der Waals surface area (Å²) in [6, 6.07) is -0.127. The van der Waals surface area contributed by atoms with Crippen LogP contribution in [0, 0.1) is 5.41 Å². The minimum Gasteiger partial charge on any atom is -0.211 e. The van der Waals surface area contributed by atoms with Gasteiger partial charge in [0.1, 0.15) is 0 Å². The third-order valence-corrected chi connectivity index (χ3v) is 3.30. The minimum atomic E-state index is -0.257. The van der Waals surface area contributed by atoms with E-state index in [2.05, 4.69) is 15.0 Å². The second-order valence-electron chi connectivity index (χ2n) is 4.12. The molecule has 1 aliphatic rings. The molecule has 1 aliphatic carbocycles. The molecule has 0 radical (unpaired) electrons. The van der Waals surface area contributed by atoms with E-state index in [1.54, 1.807) is 6.08 Å². The Balaban J connectivity index is 2.62. The topological polar surface area (TPSA) is 88.3 Å². The third kappa shape index (κ3) is 3.30. The van der Waals surface area contributed by atoms with Crippen LogP contribution in [0.3, 0.4) is 0 Å². The minimum absolute atomic E-state index is 0.127. The van der Waals surface area contributed by atoms with Crippen LogP contribution < -0.4 is 0 Å². The monoisotopic (exact) mass is 235 g/mol. The molecule has 1 rings (SSSR count). The van der Waals surface area contributed by atoms with Crippen molar-refractivity contribution in [1.29, 1.82) is 0 Å². The average Bonchev–Trinajstić information content (AvgIpc) is 2.34. The highest BCUT2D eigenvalue weighted by Gasteiger charge is 2.46. The van der Waals surface area contributed by atoms with Gasteiger partial charge in [0.05, 0.1) is 19.1 Å². The van der Waals surface area contributed by atoms with Crippen LogP contribution in [0.2, 0.25) is 0 Å². The van der Waals surface area contributed by atoms with Gasteiger partial charge in [0.25, 0.3) is 0 Å². The van der Waals surface area contributed by atoms with Gasteiger partial charge in [-0.2, -0.15) is 0 Å². The van der Waals surface area contributed by atoms with E-state index >= 15 is 0 Å². The summed E-state index contributed by atoms with van der Waals surface area (Å²) in [5.74, 6) is 0. The lowest BCUT2D eigenvalue weighted by Gasteiger charge is -2.45. The lowest BCUT2D eigenvalue weighted by molar-refractivity contribution is 0.0921. The zero-order valence-corrected chi connectivity index (χ0v) is 9.39. The highest BCUT2D eigenvalue weighted by Crippen LogP contribution is 2.47. The molecule has 17 heavy (non-hydrogen) atoms. The average molecular weight is 235 g/mol. The normalized spacial score (nSPS) is 25.8. The number of hydrogen-bond donors (Lipinski definition) is 0. The van der Waals surface area contributed by atoms with Gasteiger partial charge in [-0.25, -0.2) is 29.4 Å². The largest absolute Gasteiger partial charge is 0.235 e. The first kappa shape index (κ1) is 13.2. The van der Waals surface area contributed by atoms with E-state index in [1.807, 2.05) is 0 Å². The number of hydrogen-bond acceptors (Lipinski definition) is 6. The lowest BCUT2D eigenvalue weighted by atomic mass is 9.62. The quantitative estimate of drug-likeness (QED) is 0.373. The Morgan fingerprint density at radius 3 is 2.41 bits per heavy atom. The molecule has 1 saturated carbocycles. The van der Waals surface area contributed by atoms with Gasteiger partial charge in [0.2, 0.25) is 18.2 Å². The van der Waals surface area contributed by atoms with Gasteiger partial charge in [-0.3, -0.25) is 0 Å². The SMILES string of the molecule is O=C=NCCCC1(CN=C=O)CCC1N=C=O. The molecule has 1 fully saturated rings. The molecule has 0 saturated heterocycles. The van der Waals surface area contributed by atoms with E-state index in [1.165, 1.54) is 12.2 Å². The number of carbonyl (C=O) groups excluding carboxylic acids is 3. The van der Waals surface area contributed by atoms with Crippen molar-refractivity contribution in [3.05, 3.63) is 0 Å². The molecule has 0 aromatic rings. The van der Waals surface area contributed by atoms with Crippen molar-refractivity contribution in [1.82, 2.24) is 0 Å². The van der Waals surface area contributed by atoms with Gasteiger partial charge in [0, 0.05) is 5.41 Å². The Morgan fingerprint density at radius 1 is 1.12 bits per heavy atom. The molecule has 0 aromatic carbocycles. The van der Waals surface area contributed by atoms with Crippen LogP contribution in [0.1, 0.15) is 25.7 Å². The van der Waals surface area contributed by atoms with Gasteiger partial charge in [0.15, 0.2) is 0 Å². The molecule has 6 nitrogen and oxygen atoms in total. The summed E-state index contributed by atoms with van der Waals surface area (Å²) in [5.41, 5.74) is -0.257. The fraction of sp³-hybridized carbons (Fsp3) is 0.727. The summed E-state index contributed by atoms with van der Waals surface area (Å²) < 4.78 is 0. The van der Waals surface area contributed by atoms with Crippen molar-refractivity contribution in [3.63, 3.8) is 0 Å². The molecule has 2 atom stereocenters. The second-order valence-corrected chi connectivity index (χ2v) is 4.12. The summed E-state index contributed by atoms with van der Waals surface area (Å²) >= 11 is 0. The van der Waals surface area contributed by atoms with E-state index in [0.717, 1.165) is 19.3 Å². The maximum atomic E-state index is 10.3. The highest BCUT2D eigenvalue weighted by atomic mass is 16.1. The van der Waals surface area contributed by atoms with Crippen molar-refractivity contribution >= 4 is 18.2 Å². The maximum absolute atomic E-state index is 10.3. The summed E-state index contributed by atoms with van der Waals surface area (Å²) in [6.45, 7) is 0.713. The summed E-state index contributed by atoms with van der Waals surface area (Å²) in [5, 5.41) is 0. The molecule has 0 N–H and O–H groups in total. The predicted octanol–water partition coefficient (Wildman–Crippen LogP) is 0.923. The van der Waals surface area contributed by atoms with Crippen molar-refractivity contribution in [2.24, 2.45) is 20.4 Å². The molecule has 0 aromatic heterocycles. The third-order valence-electron chi connectivity index (χ3n) is 3.30. The van der Waals surface area contributed by atoms with E-state index in [4.69, 9.17) is 0 Å². The van der Waals surface area contributed by atoms with Gasteiger partial charge < -0.3 is 0 Å². The molecule has 6 heteroatoms. The molecule has 0 amide bonds. The van der Waals surface area contributed by atoms with Crippen LogP contribution in [0.5, 0.6) is 0 Å². The Kier molecular flexibility index (Phi) is 5.18. The van der Waals surface area contributed by atoms with Crippen LogP contribution in [0.15, 0.2) is 15.0 Å². The Hall–Kier alpha value is -1.86. The number of aliphatic imine (C=N–C) groups is 3. The molecule has 0 heterocycles. The fourth-order valence-electron chi connectivity index (χ4n) is 2.25. The van der Waals surface area contributed by atoms with Gasteiger partial charge in [-0.1, -0.05) is 0 Å². The molecular weight excluding hydrogens is 222 g/mol. The van der Waals surface area contributed by atoms with Crippen molar-refractivity contribution < 1.29 is 14.4 Å². The van der Waals surface area contributed by atoms with Crippen molar-refractivity contribution in [2.75, 3.05) is 13.1 Å². The highest BCUT2D eigenvalue weighted by molar-refractivity contribution is 5.36. The van der Waals surface area contributed by atoms with Crippen molar-refractivity contribution in [3.8, 4) is 0 Å².